The Kier molecular flexibility index (Phi) is 6.58. The van der Waals surface area contributed by atoms with Crippen LogP contribution >= 0.6 is 0 Å². The number of aromatic nitrogens is 1. The van der Waals surface area contributed by atoms with Gasteiger partial charge in [-0.3, -0.25) is 9.78 Å². The molecule has 1 heterocycles. The van der Waals surface area contributed by atoms with E-state index in [0.29, 0.717) is 11.5 Å². The molecule has 1 atom stereocenters. The van der Waals surface area contributed by atoms with Crippen molar-refractivity contribution >= 4 is 27.9 Å². The molecule has 0 saturated heterocycles. The molecule has 6 nitrogen and oxygen atoms in total. The second-order valence-electron chi connectivity index (χ2n) is 7.27. The fraction of sp³-hybridized carbons (Fsp3) is 0.120. The van der Waals surface area contributed by atoms with Gasteiger partial charge in [0.25, 0.3) is 0 Å². The highest BCUT2D eigenvalue weighted by atomic mass is 32.2. The van der Waals surface area contributed by atoms with Crippen molar-refractivity contribution in [1.29, 1.82) is 0 Å². The largest absolute Gasteiger partial charge is 0.488 e. The number of carboxylic acids is 1. The highest BCUT2D eigenvalue weighted by molar-refractivity contribution is 7.83. The van der Waals surface area contributed by atoms with Crippen LogP contribution in [0.25, 0.3) is 22.0 Å². The maximum absolute atomic E-state index is 12.1. The number of pyridine rings is 1. The molecule has 0 saturated carbocycles. The Balaban J connectivity index is 1.43. The van der Waals surface area contributed by atoms with Crippen molar-refractivity contribution in [3.63, 3.8) is 0 Å². The number of nitrogens with one attached hydrogen (secondary N) is 1. The first-order chi connectivity index (χ1) is 15.5. The first-order valence-electron chi connectivity index (χ1n) is 10.1. The predicted octanol–water partition coefficient (Wildman–Crippen LogP) is 4.49. The normalized spacial score (nSPS) is 11.9. The van der Waals surface area contributed by atoms with Crippen LogP contribution in [0.1, 0.15) is 11.3 Å². The Morgan fingerprint density at radius 3 is 2.34 bits per heavy atom. The topological polar surface area (TPSA) is 88.5 Å². The van der Waals surface area contributed by atoms with Gasteiger partial charge in [0.2, 0.25) is 0 Å². The van der Waals surface area contributed by atoms with Crippen LogP contribution in [-0.4, -0.2) is 26.8 Å². The Hall–Kier alpha value is -3.55. The fourth-order valence-corrected chi connectivity index (χ4v) is 4.13. The smallest absolute Gasteiger partial charge is 0.318 e. The van der Waals surface area contributed by atoms with E-state index in [-0.39, 0.29) is 6.54 Å². The summed E-state index contributed by atoms with van der Waals surface area (Å²) in [4.78, 5) is 15.7. The third-order valence-corrected chi connectivity index (χ3v) is 6.02. The van der Waals surface area contributed by atoms with Crippen LogP contribution in [0.3, 0.4) is 0 Å². The Morgan fingerprint density at radius 2 is 1.66 bits per heavy atom. The monoisotopic (exact) mass is 446 g/mol. The van der Waals surface area contributed by atoms with E-state index in [9.17, 15) is 9.00 Å². The van der Waals surface area contributed by atoms with Crippen LogP contribution < -0.4 is 9.46 Å². The highest BCUT2D eigenvalue weighted by Gasteiger charge is 2.08. The lowest BCUT2D eigenvalue weighted by Crippen LogP contribution is -2.24. The van der Waals surface area contributed by atoms with Crippen molar-refractivity contribution in [2.75, 3.05) is 6.54 Å². The molecule has 0 radical (unpaired) electrons. The number of aliphatic carboxylic acids is 1. The third kappa shape index (κ3) is 5.19. The molecule has 0 amide bonds. The van der Waals surface area contributed by atoms with Crippen molar-refractivity contribution in [1.82, 2.24) is 9.71 Å². The maximum atomic E-state index is 12.1. The van der Waals surface area contributed by atoms with Gasteiger partial charge in [0, 0.05) is 17.1 Å². The van der Waals surface area contributed by atoms with E-state index in [2.05, 4.69) is 9.71 Å². The molecule has 0 aliphatic rings. The van der Waals surface area contributed by atoms with E-state index in [1.54, 1.807) is 12.1 Å². The van der Waals surface area contributed by atoms with Crippen molar-refractivity contribution in [2.45, 2.75) is 18.4 Å². The number of fused-ring (bicyclic) bond motifs is 1. The predicted molar refractivity (Wildman–Crippen MR) is 125 cm³/mol. The standard InChI is InChI=1S/C25H22N2O4S/c1-17-14-24(22-4-2-3-5-23(22)27-17)31-16-18-6-8-19(9-7-18)20-10-12-21(13-11-20)32(30)26-15-25(28)29/h2-14,26H,15-16H2,1H3,(H,28,29). The molecule has 0 aliphatic heterocycles. The SMILES string of the molecule is Cc1cc(OCc2ccc(-c3ccc(S(=O)NCC(=O)O)cc3)cc2)c2ccccc2n1. The van der Waals surface area contributed by atoms with E-state index in [1.165, 1.54) is 0 Å². The third-order valence-electron chi connectivity index (χ3n) is 4.91. The molecule has 0 fully saturated rings. The number of carboxylic acid groups (broad SMARTS) is 1. The number of nitrogens with zero attached hydrogens (tertiary/aromatic N) is 1. The summed E-state index contributed by atoms with van der Waals surface area (Å²) in [6, 6.07) is 25.2. The van der Waals surface area contributed by atoms with E-state index in [0.717, 1.165) is 39.0 Å². The molecule has 1 unspecified atom stereocenters. The second kappa shape index (κ2) is 9.72. The quantitative estimate of drug-likeness (QED) is 0.416. The van der Waals surface area contributed by atoms with Crippen LogP contribution in [0.5, 0.6) is 5.75 Å². The number of ether oxygens (including phenoxy) is 1. The minimum atomic E-state index is -1.56. The van der Waals surface area contributed by atoms with Crippen molar-refractivity contribution < 1.29 is 18.8 Å². The molecule has 7 heteroatoms. The van der Waals surface area contributed by atoms with Crippen LogP contribution in [-0.2, 0) is 22.4 Å². The lowest BCUT2D eigenvalue weighted by atomic mass is 10.0. The van der Waals surface area contributed by atoms with Gasteiger partial charge in [-0.15, -0.1) is 0 Å². The van der Waals surface area contributed by atoms with Gasteiger partial charge in [0.15, 0.2) is 0 Å². The van der Waals surface area contributed by atoms with Gasteiger partial charge in [-0.05, 0) is 47.9 Å². The molecule has 162 valence electrons. The molecule has 0 spiro atoms. The van der Waals surface area contributed by atoms with Gasteiger partial charge in [0.1, 0.15) is 29.9 Å². The van der Waals surface area contributed by atoms with Gasteiger partial charge in [0.05, 0.1) is 10.4 Å². The molecule has 2 N–H and O–H groups in total. The van der Waals surface area contributed by atoms with Crippen LogP contribution in [0.2, 0.25) is 0 Å². The molecule has 3 aromatic carbocycles. The summed E-state index contributed by atoms with van der Waals surface area (Å²) in [5.74, 6) is -0.233. The molecule has 4 rings (SSSR count). The van der Waals surface area contributed by atoms with Crippen LogP contribution in [0.4, 0.5) is 0 Å². The number of benzene rings is 3. The molecule has 32 heavy (non-hydrogen) atoms. The van der Waals surface area contributed by atoms with Crippen molar-refractivity contribution in [3.05, 3.63) is 90.1 Å². The second-order valence-corrected chi connectivity index (χ2v) is 8.57. The summed E-state index contributed by atoms with van der Waals surface area (Å²) in [5, 5.41) is 9.67. The summed E-state index contributed by atoms with van der Waals surface area (Å²) in [5.41, 5.74) is 4.88. The number of aryl methyl sites for hydroxylation is 1. The van der Waals surface area contributed by atoms with Gasteiger partial charge >= 0.3 is 5.97 Å². The summed E-state index contributed by atoms with van der Waals surface area (Å²) < 4.78 is 20.6. The lowest BCUT2D eigenvalue weighted by Gasteiger charge is -2.11. The minimum absolute atomic E-state index is 0.354. The molecular weight excluding hydrogens is 424 g/mol. The zero-order chi connectivity index (χ0) is 22.5. The number of para-hydroxylation sites is 1. The van der Waals surface area contributed by atoms with E-state index >= 15 is 0 Å². The molecular formula is C25H22N2O4S. The van der Waals surface area contributed by atoms with E-state index < -0.39 is 17.0 Å². The Morgan fingerprint density at radius 1 is 1.00 bits per heavy atom. The summed E-state index contributed by atoms with van der Waals surface area (Å²) >= 11 is 0. The van der Waals surface area contributed by atoms with E-state index in [4.69, 9.17) is 9.84 Å². The van der Waals surface area contributed by atoms with Gasteiger partial charge in [-0.1, -0.05) is 48.5 Å². The lowest BCUT2D eigenvalue weighted by molar-refractivity contribution is -0.135. The summed E-state index contributed by atoms with van der Waals surface area (Å²) in [7, 11) is -1.56. The zero-order valence-corrected chi connectivity index (χ0v) is 18.3. The minimum Gasteiger partial charge on any atom is -0.488 e. The van der Waals surface area contributed by atoms with Gasteiger partial charge in [-0.2, -0.15) is 0 Å². The molecule has 4 aromatic rings. The molecule has 0 aliphatic carbocycles. The van der Waals surface area contributed by atoms with Crippen molar-refractivity contribution in [3.8, 4) is 16.9 Å². The fourth-order valence-electron chi connectivity index (χ4n) is 3.32. The van der Waals surface area contributed by atoms with Gasteiger partial charge in [-0.25, -0.2) is 8.93 Å². The summed E-state index contributed by atoms with van der Waals surface area (Å²) in [6.45, 7) is 2.05. The van der Waals surface area contributed by atoms with Crippen LogP contribution in [0, 0.1) is 6.92 Å². The number of hydrogen-bond donors (Lipinski definition) is 2. The highest BCUT2D eigenvalue weighted by Crippen LogP contribution is 2.27. The van der Waals surface area contributed by atoms with Crippen LogP contribution in [0.15, 0.2) is 83.8 Å². The van der Waals surface area contributed by atoms with Crippen molar-refractivity contribution in [2.24, 2.45) is 0 Å². The summed E-state index contributed by atoms with van der Waals surface area (Å²) in [6.07, 6.45) is 0. The maximum Gasteiger partial charge on any atom is 0.318 e. The first-order valence-corrected chi connectivity index (χ1v) is 11.2. The number of rotatable bonds is 8. The molecule has 0 bridgehead atoms. The first kappa shape index (κ1) is 21.7. The Labute approximate surface area is 188 Å². The average molecular weight is 447 g/mol. The van der Waals surface area contributed by atoms with E-state index in [1.807, 2.05) is 73.7 Å². The molecule has 1 aromatic heterocycles. The average Bonchev–Trinajstić information content (AvgIpc) is 2.81. The Bertz CT molecular complexity index is 1270. The van der Waals surface area contributed by atoms with Gasteiger partial charge < -0.3 is 9.84 Å². The number of hydrogen-bond acceptors (Lipinski definition) is 4. The zero-order valence-electron chi connectivity index (χ0n) is 17.4. The number of carbonyl (C=O) groups is 1.